The van der Waals surface area contributed by atoms with E-state index in [1.807, 2.05) is 18.2 Å². The molecule has 3 aromatic rings. The fraction of sp³-hybridized carbons (Fsp3) is 0.617. The van der Waals surface area contributed by atoms with E-state index in [0.717, 1.165) is 81.2 Å². The Hall–Kier alpha value is -3.86. The van der Waals surface area contributed by atoms with Gasteiger partial charge in [0.25, 0.3) is 0 Å². The Kier molecular flexibility index (Phi) is 14.4. The van der Waals surface area contributed by atoms with Crippen LogP contribution in [0.25, 0.3) is 11.3 Å². The smallest absolute Gasteiger partial charge is 0.309 e. The van der Waals surface area contributed by atoms with Crippen molar-refractivity contribution >= 4 is 11.8 Å². The standard InChI is InChI=1S/C47H67N3O7/c1-2-3-5-10-31-13-14-32(43(54)23-31)11-6-4-7-12-40(45(55)56)42(53)17-21-47(57)30-36(46(19-8-9-20-46)34-18-22-49-44(48)28-34)26-35(47)27-37-15-16-41(50-37)33-24-38(51)29-39(52)25-33/h13-16,18,22,24-25,28-29,31-32,35-36,40,42-43,50-54,57H,2-12,17,19-21,23,26-27,30H2,1H3,(H2,48,49)(H,55,56)/t31-,32-,35+,36-,40+,42-,43-,47+/m1/s1. The summed E-state index contributed by atoms with van der Waals surface area (Å²) < 4.78 is 0. The topological polar surface area (TPSA) is 193 Å². The average molecular weight is 786 g/mol. The van der Waals surface area contributed by atoms with Crippen molar-refractivity contribution in [2.45, 2.75) is 152 Å². The first-order valence-electron chi connectivity index (χ1n) is 21.8. The van der Waals surface area contributed by atoms with Gasteiger partial charge < -0.3 is 41.4 Å². The Morgan fingerprint density at radius 1 is 0.947 bits per heavy atom. The number of nitrogens with two attached hydrogens (primary N) is 1. The number of aliphatic hydroxyl groups excluding tert-OH is 2. The average Bonchev–Trinajstić information content (AvgIpc) is 3.93. The third-order valence-corrected chi connectivity index (χ3v) is 14.0. The van der Waals surface area contributed by atoms with Crippen LogP contribution in [0.4, 0.5) is 5.82 Å². The zero-order chi connectivity index (χ0) is 40.6. The number of anilines is 1. The van der Waals surface area contributed by atoms with Gasteiger partial charge in [0.05, 0.1) is 23.7 Å². The van der Waals surface area contributed by atoms with E-state index in [2.05, 4.69) is 35.1 Å². The van der Waals surface area contributed by atoms with Crippen molar-refractivity contribution in [1.29, 1.82) is 0 Å². The number of phenolic OH excluding ortho intramolecular Hbond substituents is 2. The van der Waals surface area contributed by atoms with Gasteiger partial charge in [-0.3, -0.25) is 4.79 Å². The normalized spacial score (nSPS) is 26.8. The number of hydrogen-bond donors (Lipinski definition) is 8. The molecule has 3 aliphatic carbocycles. The molecule has 10 heteroatoms. The number of phenols is 2. The number of aromatic amines is 1. The molecule has 312 valence electrons. The quantitative estimate of drug-likeness (QED) is 0.0408. The van der Waals surface area contributed by atoms with Gasteiger partial charge in [-0.15, -0.1) is 0 Å². The fourth-order valence-electron chi connectivity index (χ4n) is 10.8. The lowest BCUT2D eigenvalue weighted by molar-refractivity contribution is -0.146. The van der Waals surface area contributed by atoms with Crippen LogP contribution >= 0.6 is 0 Å². The van der Waals surface area contributed by atoms with Crippen molar-refractivity contribution in [3.8, 4) is 22.8 Å². The molecular weight excluding hydrogens is 719 g/mol. The van der Waals surface area contributed by atoms with Gasteiger partial charge in [-0.25, -0.2) is 4.98 Å². The lowest BCUT2D eigenvalue weighted by Gasteiger charge is -2.37. The Morgan fingerprint density at radius 2 is 1.70 bits per heavy atom. The minimum atomic E-state index is -1.14. The zero-order valence-electron chi connectivity index (χ0n) is 33.9. The number of H-pyrrole nitrogens is 1. The van der Waals surface area contributed by atoms with Crippen LogP contribution in [-0.4, -0.2) is 64.4 Å². The van der Waals surface area contributed by atoms with Gasteiger partial charge in [-0.1, -0.05) is 70.4 Å². The molecule has 8 atom stereocenters. The minimum absolute atomic E-state index is 0.0335. The second-order valence-corrected chi connectivity index (χ2v) is 17.9. The number of hydrogen-bond acceptors (Lipinski definition) is 8. The van der Waals surface area contributed by atoms with Crippen molar-refractivity contribution in [3.05, 3.63) is 72.1 Å². The summed E-state index contributed by atoms with van der Waals surface area (Å²) in [6, 6.07) is 12.4. The van der Waals surface area contributed by atoms with Crippen LogP contribution in [0.1, 0.15) is 134 Å². The molecule has 2 aromatic heterocycles. The Morgan fingerprint density at radius 3 is 2.40 bits per heavy atom. The predicted octanol–water partition coefficient (Wildman–Crippen LogP) is 8.81. The predicted molar refractivity (Wildman–Crippen MR) is 224 cm³/mol. The Labute approximate surface area is 338 Å². The first kappa shape index (κ1) is 42.7. The maximum atomic E-state index is 12.7. The Balaban J connectivity index is 1.10. The Bertz CT molecular complexity index is 1770. The molecule has 6 rings (SSSR count). The summed E-state index contributed by atoms with van der Waals surface area (Å²) in [6.07, 6.45) is 20.6. The number of rotatable bonds is 20. The van der Waals surface area contributed by atoms with Crippen molar-refractivity contribution in [1.82, 2.24) is 9.97 Å². The molecule has 1 aromatic carbocycles. The summed E-state index contributed by atoms with van der Waals surface area (Å²) in [7, 11) is 0. The number of aliphatic carboxylic acids is 1. The summed E-state index contributed by atoms with van der Waals surface area (Å²) >= 11 is 0. The highest BCUT2D eigenvalue weighted by molar-refractivity contribution is 5.70. The number of pyridine rings is 1. The van der Waals surface area contributed by atoms with Crippen molar-refractivity contribution in [2.24, 2.45) is 29.6 Å². The monoisotopic (exact) mass is 785 g/mol. The van der Waals surface area contributed by atoms with Crippen LogP contribution < -0.4 is 5.73 Å². The molecule has 0 spiro atoms. The van der Waals surface area contributed by atoms with Gasteiger partial charge in [0.1, 0.15) is 17.3 Å². The molecule has 2 heterocycles. The van der Waals surface area contributed by atoms with Gasteiger partial charge in [-0.05, 0) is 136 Å². The third kappa shape index (κ3) is 10.6. The van der Waals surface area contributed by atoms with E-state index in [-0.39, 0.29) is 53.6 Å². The maximum absolute atomic E-state index is 12.7. The zero-order valence-corrected chi connectivity index (χ0v) is 33.9. The summed E-state index contributed by atoms with van der Waals surface area (Å²) in [5, 5.41) is 65.3. The number of carbonyl (C=O) groups is 1. The van der Waals surface area contributed by atoms with Gasteiger partial charge in [-0.2, -0.15) is 0 Å². The molecular formula is C47H67N3O7. The number of carboxylic acids is 1. The number of aliphatic hydroxyl groups is 3. The highest BCUT2D eigenvalue weighted by atomic mass is 16.4. The molecule has 9 N–H and O–H groups in total. The molecule has 10 nitrogen and oxygen atoms in total. The number of unbranched alkanes of at least 4 members (excludes halogenated alkanes) is 4. The van der Waals surface area contributed by atoms with Gasteiger partial charge >= 0.3 is 5.97 Å². The number of nitrogens with zero attached hydrogens (tertiary/aromatic N) is 1. The molecule has 0 saturated heterocycles. The van der Waals surface area contributed by atoms with Gasteiger partial charge in [0.2, 0.25) is 0 Å². The number of benzene rings is 1. The molecule has 0 radical (unpaired) electrons. The van der Waals surface area contributed by atoms with Crippen LogP contribution in [0.3, 0.4) is 0 Å². The van der Waals surface area contributed by atoms with Crippen molar-refractivity contribution in [2.75, 3.05) is 5.73 Å². The lowest BCUT2D eigenvalue weighted by Crippen LogP contribution is -2.38. The summed E-state index contributed by atoms with van der Waals surface area (Å²) in [6.45, 7) is 2.21. The van der Waals surface area contributed by atoms with Crippen LogP contribution in [-0.2, 0) is 16.6 Å². The molecule has 0 amide bonds. The molecule has 0 unspecified atom stereocenters. The van der Waals surface area contributed by atoms with Crippen LogP contribution in [0.5, 0.6) is 11.5 Å². The van der Waals surface area contributed by atoms with Crippen molar-refractivity contribution < 1.29 is 35.4 Å². The number of nitrogens with one attached hydrogen (secondary N) is 1. The van der Waals surface area contributed by atoms with E-state index in [1.54, 1.807) is 18.3 Å². The van der Waals surface area contributed by atoms with E-state index in [4.69, 9.17) is 5.73 Å². The number of aromatic nitrogens is 2. The van der Waals surface area contributed by atoms with Crippen LogP contribution in [0.15, 0.2) is 60.8 Å². The number of carboxylic acid groups (broad SMARTS) is 1. The minimum Gasteiger partial charge on any atom is -0.508 e. The first-order valence-corrected chi connectivity index (χ1v) is 21.8. The molecule has 2 saturated carbocycles. The van der Waals surface area contributed by atoms with Gasteiger partial charge in [0.15, 0.2) is 0 Å². The van der Waals surface area contributed by atoms with E-state index in [1.165, 1.54) is 25.3 Å². The highest BCUT2D eigenvalue weighted by Crippen LogP contribution is 2.57. The number of allylic oxidation sites excluding steroid dienone is 1. The highest BCUT2D eigenvalue weighted by Gasteiger charge is 2.54. The molecule has 57 heavy (non-hydrogen) atoms. The van der Waals surface area contributed by atoms with Crippen molar-refractivity contribution in [3.63, 3.8) is 0 Å². The molecule has 0 bridgehead atoms. The van der Waals surface area contributed by atoms with E-state index < -0.39 is 23.6 Å². The molecule has 0 aliphatic heterocycles. The fourth-order valence-corrected chi connectivity index (χ4v) is 10.8. The summed E-state index contributed by atoms with van der Waals surface area (Å²) in [5.74, 6) is -0.899. The molecule has 2 fully saturated rings. The second-order valence-electron chi connectivity index (χ2n) is 17.9. The number of nitrogen functional groups attached to an aromatic ring is 1. The molecule has 3 aliphatic rings. The van der Waals surface area contributed by atoms with Crippen LogP contribution in [0, 0.1) is 29.6 Å². The summed E-state index contributed by atoms with van der Waals surface area (Å²) in [4.78, 5) is 20.2. The third-order valence-electron chi connectivity index (χ3n) is 14.0. The first-order chi connectivity index (χ1) is 27.4. The van der Waals surface area contributed by atoms with E-state index >= 15 is 0 Å². The lowest BCUT2D eigenvalue weighted by atomic mass is 9.67. The van der Waals surface area contributed by atoms with E-state index in [0.29, 0.717) is 43.0 Å². The SMILES string of the molecule is CCCCC[C@@H]1C=C[C@@H](CCCCC[C@H](C(=O)O)[C@H](O)CC[C@]2(O)C[C@H](C3(c4ccnc(N)c4)CCCC3)C[C@H]2Cc2ccc(-c3cc(O)cc(O)c3)[nH]2)[C@H](O)C1. The second kappa shape index (κ2) is 19.3. The largest absolute Gasteiger partial charge is 0.508 e. The van der Waals surface area contributed by atoms with Gasteiger partial charge in [0, 0.05) is 35.1 Å². The summed E-state index contributed by atoms with van der Waals surface area (Å²) in [5.41, 5.74) is 8.38. The van der Waals surface area contributed by atoms with E-state index in [9.17, 15) is 35.4 Å². The number of aromatic hydroxyl groups is 2. The van der Waals surface area contributed by atoms with Crippen LogP contribution in [0.2, 0.25) is 0 Å². The maximum Gasteiger partial charge on any atom is 0.309 e.